The van der Waals surface area contributed by atoms with Crippen molar-refractivity contribution in [3.63, 3.8) is 0 Å². The lowest BCUT2D eigenvalue weighted by molar-refractivity contribution is -0.136. The molecule has 0 atom stereocenters. The molecule has 0 aliphatic heterocycles. The average Bonchev–Trinajstić information content (AvgIpc) is 2.50. The van der Waals surface area contributed by atoms with Crippen molar-refractivity contribution >= 4 is 5.97 Å². The maximum atomic E-state index is 10.4. The van der Waals surface area contributed by atoms with E-state index in [-0.39, 0.29) is 6.42 Å². The first-order chi connectivity index (χ1) is 10.7. The van der Waals surface area contributed by atoms with Crippen LogP contribution in [-0.2, 0) is 11.2 Å². The molecule has 1 aromatic rings. The van der Waals surface area contributed by atoms with Crippen molar-refractivity contribution in [1.82, 2.24) is 5.32 Å². The fraction of sp³-hybridized carbons (Fsp3) is 0.611. The number of benzene rings is 1. The maximum absolute atomic E-state index is 10.4. The Labute approximate surface area is 133 Å². The Hall–Kier alpha value is -1.55. The van der Waals surface area contributed by atoms with Crippen molar-refractivity contribution in [1.29, 1.82) is 0 Å². The Morgan fingerprint density at radius 1 is 1.18 bits per heavy atom. The van der Waals surface area contributed by atoms with Gasteiger partial charge in [-0.25, -0.2) is 0 Å². The lowest BCUT2D eigenvalue weighted by Crippen LogP contribution is -2.20. The van der Waals surface area contributed by atoms with Gasteiger partial charge >= 0.3 is 5.97 Å². The van der Waals surface area contributed by atoms with Crippen LogP contribution >= 0.6 is 0 Å². The molecular weight excluding hydrogens is 278 g/mol. The number of hydrogen-bond donors (Lipinski definition) is 2. The summed E-state index contributed by atoms with van der Waals surface area (Å²) in [6.45, 7) is 4.31. The molecule has 0 unspecified atom stereocenters. The number of ether oxygens (including phenoxy) is 1. The first-order valence-corrected chi connectivity index (χ1v) is 8.36. The molecule has 0 heterocycles. The van der Waals surface area contributed by atoms with E-state index >= 15 is 0 Å². The van der Waals surface area contributed by atoms with Gasteiger partial charge in [0.15, 0.2) is 0 Å². The number of nitrogens with one attached hydrogen (secondary N) is 1. The smallest absolute Gasteiger partial charge is 0.304 e. The van der Waals surface area contributed by atoms with Crippen LogP contribution in [0.25, 0.3) is 0 Å². The van der Waals surface area contributed by atoms with Crippen LogP contribution in [0.2, 0.25) is 0 Å². The molecule has 22 heavy (non-hydrogen) atoms. The molecule has 0 bridgehead atoms. The summed E-state index contributed by atoms with van der Waals surface area (Å²) in [6, 6.07) is 8.16. The van der Waals surface area contributed by atoms with Crippen LogP contribution < -0.4 is 10.1 Å². The first kappa shape index (κ1) is 18.5. The van der Waals surface area contributed by atoms with Crippen molar-refractivity contribution in [3.8, 4) is 5.75 Å². The maximum Gasteiger partial charge on any atom is 0.304 e. The predicted octanol–water partition coefficient (Wildman–Crippen LogP) is 3.64. The summed E-state index contributed by atoms with van der Waals surface area (Å²) in [7, 11) is 0. The Balaban J connectivity index is 2.17. The van der Waals surface area contributed by atoms with Crippen molar-refractivity contribution in [2.24, 2.45) is 0 Å². The van der Waals surface area contributed by atoms with E-state index in [1.807, 2.05) is 12.1 Å². The van der Waals surface area contributed by atoms with Gasteiger partial charge < -0.3 is 15.2 Å². The summed E-state index contributed by atoms with van der Waals surface area (Å²) in [5.41, 5.74) is 1.21. The summed E-state index contributed by atoms with van der Waals surface area (Å²) < 4.78 is 5.79. The molecule has 0 saturated heterocycles. The second-order valence-electron chi connectivity index (χ2n) is 5.55. The van der Waals surface area contributed by atoms with Crippen molar-refractivity contribution < 1.29 is 14.6 Å². The lowest BCUT2D eigenvalue weighted by Gasteiger charge is -2.08. The molecule has 4 nitrogen and oxygen atoms in total. The van der Waals surface area contributed by atoms with Crippen molar-refractivity contribution in [2.75, 3.05) is 19.7 Å². The topological polar surface area (TPSA) is 58.6 Å². The number of rotatable bonds is 13. The molecule has 0 aliphatic carbocycles. The monoisotopic (exact) mass is 307 g/mol. The fourth-order valence-corrected chi connectivity index (χ4v) is 2.24. The van der Waals surface area contributed by atoms with Gasteiger partial charge in [0.05, 0.1) is 13.0 Å². The van der Waals surface area contributed by atoms with E-state index in [1.165, 1.54) is 31.2 Å². The highest BCUT2D eigenvalue weighted by atomic mass is 16.5. The van der Waals surface area contributed by atoms with Crippen molar-refractivity contribution in [3.05, 3.63) is 29.8 Å². The highest BCUT2D eigenvalue weighted by Crippen LogP contribution is 2.14. The van der Waals surface area contributed by atoms with Crippen molar-refractivity contribution in [2.45, 2.75) is 51.9 Å². The molecule has 0 saturated carbocycles. The molecule has 124 valence electrons. The van der Waals surface area contributed by atoms with Crippen LogP contribution in [0.15, 0.2) is 24.3 Å². The summed E-state index contributed by atoms with van der Waals surface area (Å²) >= 11 is 0. The summed E-state index contributed by atoms with van der Waals surface area (Å²) in [6.07, 6.45) is 7.27. The minimum absolute atomic E-state index is 0.168. The molecule has 0 fully saturated rings. The van der Waals surface area contributed by atoms with Gasteiger partial charge in [0.1, 0.15) is 5.75 Å². The second-order valence-corrected chi connectivity index (χ2v) is 5.55. The van der Waals surface area contributed by atoms with E-state index in [0.29, 0.717) is 6.54 Å². The number of aliphatic carboxylic acids is 1. The number of carboxylic acids is 1. The molecule has 0 aromatic heterocycles. The average molecular weight is 307 g/mol. The molecule has 2 N–H and O–H groups in total. The van der Waals surface area contributed by atoms with Gasteiger partial charge in [-0.15, -0.1) is 0 Å². The van der Waals surface area contributed by atoms with Crippen LogP contribution in [0.5, 0.6) is 5.75 Å². The second kappa shape index (κ2) is 12.0. The van der Waals surface area contributed by atoms with Gasteiger partial charge in [0, 0.05) is 6.54 Å². The third-order valence-electron chi connectivity index (χ3n) is 3.52. The predicted molar refractivity (Wildman–Crippen MR) is 89.5 cm³/mol. The van der Waals surface area contributed by atoms with E-state index in [9.17, 15) is 4.79 Å². The van der Waals surface area contributed by atoms with Gasteiger partial charge in [-0.05, 0) is 37.1 Å². The fourth-order valence-electron chi connectivity index (χ4n) is 2.24. The molecule has 0 amide bonds. The Morgan fingerprint density at radius 2 is 2.00 bits per heavy atom. The van der Waals surface area contributed by atoms with Gasteiger partial charge in [0.25, 0.3) is 0 Å². The molecule has 1 rings (SSSR count). The lowest BCUT2D eigenvalue weighted by atomic mass is 10.1. The number of carbonyl (C=O) groups is 1. The Kier molecular flexibility index (Phi) is 10.1. The minimum Gasteiger partial charge on any atom is -0.494 e. The van der Waals surface area contributed by atoms with Crippen LogP contribution in [0.4, 0.5) is 0 Å². The van der Waals surface area contributed by atoms with E-state index in [2.05, 4.69) is 24.4 Å². The van der Waals surface area contributed by atoms with E-state index < -0.39 is 5.97 Å². The van der Waals surface area contributed by atoms with Crippen LogP contribution in [0.3, 0.4) is 0 Å². The third kappa shape index (κ3) is 9.40. The van der Waals surface area contributed by atoms with Crippen LogP contribution in [0.1, 0.15) is 51.0 Å². The summed E-state index contributed by atoms with van der Waals surface area (Å²) in [4.78, 5) is 10.4. The molecule has 0 aliphatic rings. The normalized spacial score (nSPS) is 10.6. The van der Waals surface area contributed by atoms with Crippen LogP contribution in [-0.4, -0.2) is 30.8 Å². The van der Waals surface area contributed by atoms with Crippen LogP contribution in [0, 0.1) is 0 Å². The zero-order valence-electron chi connectivity index (χ0n) is 13.6. The van der Waals surface area contributed by atoms with Gasteiger partial charge in [-0.1, -0.05) is 44.7 Å². The van der Waals surface area contributed by atoms with E-state index in [4.69, 9.17) is 9.84 Å². The zero-order valence-corrected chi connectivity index (χ0v) is 13.6. The van der Waals surface area contributed by atoms with E-state index in [1.54, 1.807) is 0 Å². The zero-order chi connectivity index (χ0) is 16.0. The number of unbranched alkanes of at least 4 members (excludes halogenated alkanes) is 4. The highest BCUT2D eigenvalue weighted by Gasteiger charge is 1.99. The quantitative estimate of drug-likeness (QED) is 0.546. The Bertz CT molecular complexity index is 421. The van der Waals surface area contributed by atoms with Gasteiger partial charge in [-0.3, -0.25) is 4.79 Å². The summed E-state index contributed by atoms with van der Waals surface area (Å²) in [5, 5.41) is 11.7. The molecular formula is C18H29NO3. The third-order valence-corrected chi connectivity index (χ3v) is 3.52. The molecule has 1 aromatic carbocycles. The highest BCUT2D eigenvalue weighted by molar-refractivity contribution is 5.66. The number of carboxylic acid groups (broad SMARTS) is 1. The largest absolute Gasteiger partial charge is 0.494 e. The van der Waals surface area contributed by atoms with Gasteiger partial charge in [-0.2, -0.15) is 0 Å². The number of hydrogen-bond acceptors (Lipinski definition) is 3. The van der Waals surface area contributed by atoms with Gasteiger partial charge in [0.2, 0.25) is 0 Å². The standard InChI is InChI=1S/C18H29NO3/c1-2-3-4-5-6-14-22-17-9-7-8-16(15-17)10-12-19-13-11-18(20)21/h7-9,15,19H,2-6,10-14H2,1H3,(H,20,21). The first-order valence-electron chi connectivity index (χ1n) is 8.36. The Morgan fingerprint density at radius 3 is 2.77 bits per heavy atom. The minimum atomic E-state index is -0.762. The molecule has 0 radical (unpaired) electrons. The SMILES string of the molecule is CCCCCCCOc1cccc(CCNCCC(=O)O)c1. The molecule has 0 spiro atoms. The summed E-state index contributed by atoms with van der Waals surface area (Å²) in [5.74, 6) is 0.167. The molecule has 4 heteroatoms. The van der Waals surface area contributed by atoms with E-state index in [0.717, 1.165) is 31.7 Å².